The van der Waals surface area contributed by atoms with Crippen LogP contribution >= 0.6 is 0 Å². The maximum Gasteiger partial charge on any atom is 0.416 e. The fourth-order valence-electron chi connectivity index (χ4n) is 1.59. The zero-order valence-corrected chi connectivity index (χ0v) is 10.2. The second-order valence-corrected chi connectivity index (χ2v) is 4.19. The quantitative estimate of drug-likeness (QED) is 0.888. The van der Waals surface area contributed by atoms with E-state index in [1.807, 2.05) is 0 Å². The average Bonchev–Trinajstić information content (AvgIpc) is 2.26. The standard InChI is InChI=1S/C12H12F3NO3/c1-7(17)16-11(2,10(18)19)8-3-5-9(6-4-8)12(13,14)15/h3-6H,1-2H3,(H,16,17)(H,18,19). The van der Waals surface area contributed by atoms with Gasteiger partial charge in [-0.2, -0.15) is 13.2 Å². The van der Waals surface area contributed by atoms with Crippen LogP contribution in [0.5, 0.6) is 0 Å². The summed E-state index contributed by atoms with van der Waals surface area (Å²) in [4.78, 5) is 22.2. The van der Waals surface area contributed by atoms with Gasteiger partial charge in [-0.05, 0) is 24.6 Å². The highest BCUT2D eigenvalue weighted by atomic mass is 19.4. The molecule has 0 fully saturated rings. The van der Waals surface area contributed by atoms with Gasteiger partial charge in [-0.15, -0.1) is 0 Å². The number of carbonyl (C=O) groups is 2. The molecule has 1 unspecified atom stereocenters. The van der Waals surface area contributed by atoms with E-state index in [0.29, 0.717) is 0 Å². The van der Waals surface area contributed by atoms with Gasteiger partial charge in [-0.25, -0.2) is 4.79 Å². The Balaban J connectivity index is 3.19. The number of hydrogen-bond acceptors (Lipinski definition) is 2. The number of aliphatic carboxylic acids is 1. The topological polar surface area (TPSA) is 66.4 Å². The van der Waals surface area contributed by atoms with E-state index in [9.17, 15) is 22.8 Å². The number of hydrogen-bond donors (Lipinski definition) is 2. The Bertz CT molecular complexity index is 496. The van der Waals surface area contributed by atoms with Crippen LogP contribution < -0.4 is 5.32 Å². The molecule has 1 rings (SSSR count). The number of benzene rings is 1. The molecule has 4 nitrogen and oxygen atoms in total. The zero-order valence-electron chi connectivity index (χ0n) is 10.2. The minimum atomic E-state index is -4.49. The van der Waals surface area contributed by atoms with E-state index in [2.05, 4.69) is 5.32 Å². The van der Waals surface area contributed by atoms with Crippen LogP contribution in [-0.4, -0.2) is 17.0 Å². The van der Waals surface area contributed by atoms with Gasteiger partial charge in [0.25, 0.3) is 0 Å². The SMILES string of the molecule is CC(=O)NC(C)(C(=O)O)c1ccc(C(F)(F)F)cc1. The van der Waals surface area contributed by atoms with E-state index >= 15 is 0 Å². The zero-order chi connectivity index (χ0) is 14.8. The maximum atomic E-state index is 12.4. The van der Waals surface area contributed by atoms with Crippen LogP contribution in [0.3, 0.4) is 0 Å². The molecule has 1 amide bonds. The second kappa shape index (κ2) is 4.91. The first-order chi connectivity index (χ1) is 8.57. The summed E-state index contributed by atoms with van der Waals surface area (Å²) in [6.07, 6.45) is -4.49. The number of alkyl halides is 3. The molecule has 0 aliphatic rings. The summed E-state index contributed by atoms with van der Waals surface area (Å²) in [6.45, 7) is 2.34. The van der Waals surface area contributed by atoms with Gasteiger partial charge in [-0.1, -0.05) is 12.1 Å². The van der Waals surface area contributed by atoms with E-state index in [0.717, 1.165) is 31.2 Å². The highest BCUT2D eigenvalue weighted by molar-refractivity contribution is 5.86. The predicted molar refractivity (Wildman–Crippen MR) is 60.2 cm³/mol. The molecule has 0 aromatic heterocycles. The van der Waals surface area contributed by atoms with Crippen molar-refractivity contribution < 1.29 is 27.9 Å². The van der Waals surface area contributed by atoms with E-state index in [-0.39, 0.29) is 5.56 Å². The molecule has 0 radical (unpaired) electrons. The Morgan fingerprint density at radius 2 is 1.53 bits per heavy atom. The summed E-state index contributed by atoms with van der Waals surface area (Å²) in [5.74, 6) is -1.95. The van der Waals surface area contributed by atoms with Gasteiger partial charge in [-0.3, -0.25) is 4.79 Å². The molecule has 104 valence electrons. The van der Waals surface area contributed by atoms with Crippen molar-refractivity contribution >= 4 is 11.9 Å². The Morgan fingerprint density at radius 3 is 1.84 bits per heavy atom. The first-order valence-electron chi connectivity index (χ1n) is 5.27. The molecule has 0 heterocycles. The van der Waals surface area contributed by atoms with E-state index < -0.39 is 29.2 Å². The van der Waals surface area contributed by atoms with Crippen LogP contribution in [0.25, 0.3) is 0 Å². The Hall–Kier alpha value is -2.05. The van der Waals surface area contributed by atoms with Gasteiger partial charge < -0.3 is 10.4 Å². The van der Waals surface area contributed by atoms with Crippen molar-refractivity contribution in [2.24, 2.45) is 0 Å². The number of rotatable bonds is 3. The number of carbonyl (C=O) groups excluding carboxylic acids is 1. The van der Waals surface area contributed by atoms with Crippen molar-refractivity contribution in [1.82, 2.24) is 5.32 Å². The number of amides is 1. The van der Waals surface area contributed by atoms with E-state index in [1.54, 1.807) is 0 Å². The van der Waals surface area contributed by atoms with Crippen LogP contribution in [0.4, 0.5) is 13.2 Å². The molecule has 1 aromatic rings. The summed E-state index contributed by atoms with van der Waals surface area (Å²) < 4.78 is 37.2. The molecule has 0 spiro atoms. The first-order valence-corrected chi connectivity index (χ1v) is 5.27. The molecular weight excluding hydrogens is 263 g/mol. The molecule has 0 saturated carbocycles. The molecule has 2 N–H and O–H groups in total. The van der Waals surface area contributed by atoms with Crippen LogP contribution in [0, 0.1) is 0 Å². The number of halogens is 3. The fourth-order valence-corrected chi connectivity index (χ4v) is 1.59. The van der Waals surface area contributed by atoms with Crippen LogP contribution in [-0.2, 0) is 21.3 Å². The van der Waals surface area contributed by atoms with Gasteiger partial charge in [0.2, 0.25) is 5.91 Å². The van der Waals surface area contributed by atoms with Crippen molar-refractivity contribution in [2.45, 2.75) is 25.6 Å². The normalized spacial score (nSPS) is 14.6. The van der Waals surface area contributed by atoms with E-state index in [1.165, 1.54) is 6.92 Å². The largest absolute Gasteiger partial charge is 0.479 e. The lowest BCUT2D eigenvalue weighted by molar-refractivity contribution is -0.147. The molecule has 0 saturated heterocycles. The second-order valence-electron chi connectivity index (χ2n) is 4.19. The molecule has 1 atom stereocenters. The minimum absolute atomic E-state index is 0.0585. The Labute approximate surface area is 107 Å². The smallest absolute Gasteiger partial charge is 0.416 e. The summed E-state index contributed by atoms with van der Waals surface area (Å²) in [6, 6.07) is 3.62. The lowest BCUT2D eigenvalue weighted by atomic mass is 9.91. The van der Waals surface area contributed by atoms with Crippen molar-refractivity contribution in [3.63, 3.8) is 0 Å². The Morgan fingerprint density at radius 1 is 1.11 bits per heavy atom. The van der Waals surface area contributed by atoms with Gasteiger partial charge >= 0.3 is 12.1 Å². The molecular formula is C12H12F3NO3. The lowest BCUT2D eigenvalue weighted by Gasteiger charge is -2.26. The van der Waals surface area contributed by atoms with Crippen LogP contribution in [0.2, 0.25) is 0 Å². The third kappa shape index (κ3) is 3.24. The molecule has 0 bridgehead atoms. The maximum absolute atomic E-state index is 12.4. The van der Waals surface area contributed by atoms with Crippen molar-refractivity contribution in [1.29, 1.82) is 0 Å². The third-order valence-corrected chi connectivity index (χ3v) is 2.64. The number of nitrogens with one attached hydrogen (secondary N) is 1. The Kier molecular flexibility index (Phi) is 3.88. The number of carboxylic acid groups (broad SMARTS) is 1. The highest BCUT2D eigenvalue weighted by Crippen LogP contribution is 2.31. The van der Waals surface area contributed by atoms with Crippen LogP contribution in [0.1, 0.15) is 25.0 Å². The molecule has 7 heteroatoms. The third-order valence-electron chi connectivity index (χ3n) is 2.64. The summed E-state index contributed by atoms with van der Waals surface area (Å²) in [7, 11) is 0. The fraction of sp³-hybridized carbons (Fsp3) is 0.333. The van der Waals surface area contributed by atoms with Crippen molar-refractivity contribution in [2.75, 3.05) is 0 Å². The number of carboxylic acids is 1. The van der Waals surface area contributed by atoms with E-state index in [4.69, 9.17) is 5.11 Å². The highest BCUT2D eigenvalue weighted by Gasteiger charge is 2.37. The lowest BCUT2D eigenvalue weighted by Crippen LogP contribution is -2.48. The van der Waals surface area contributed by atoms with Gasteiger partial charge in [0, 0.05) is 6.92 Å². The van der Waals surface area contributed by atoms with Gasteiger partial charge in [0.05, 0.1) is 5.56 Å². The molecule has 19 heavy (non-hydrogen) atoms. The summed E-state index contributed by atoms with van der Waals surface area (Å²) in [5, 5.41) is 11.3. The van der Waals surface area contributed by atoms with Crippen molar-refractivity contribution in [3.8, 4) is 0 Å². The first kappa shape index (κ1) is 15.0. The molecule has 1 aromatic carbocycles. The average molecular weight is 275 g/mol. The van der Waals surface area contributed by atoms with Gasteiger partial charge in [0.15, 0.2) is 5.54 Å². The monoisotopic (exact) mass is 275 g/mol. The van der Waals surface area contributed by atoms with Crippen LogP contribution in [0.15, 0.2) is 24.3 Å². The summed E-state index contributed by atoms with van der Waals surface area (Å²) in [5.41, 5.74) is -2.59. The van der Waals surface area contributed by atoms with Crippen molar-refractivity contribution in [3.05, 3.63) is 35.4 Å². The van der Waals surface area contributed by atoms with Gasteiger partial charge in [0.1, 0.15) is 0 Å². The summed E-state index contributed by atoms with van der Waals surface area (Å²) >= 11 is 0. The minimum Gasteiger partial charge on any atom is -0.479 e. The molecule has 0 aliphatic heterocycles. The predicted octanol–water partition coefficient (Wildman–Crippen LogP) is 2.14. The molecule has 0 aliphatic carbocycles.